The van der Waals surface area contributed by atoms with Crippen LogP contribution in [0.3, 0.4) is 0 Å². The molecule has 1 N–H and O–H groups in total. The number of hydrogen-bond donors (Lipinski definition) is 1. The van der Waals surface area contributed by atoms with E-state index in [2.05, 4.69) is 26.1 Å². The van der Waals surface area contributed by atoms with Gasteiger partial charge in [0.15, 0.2) is 0 Å². The lowest BCUT2D eigenvalue weighted by Crippen LogP contribution is -2.41. The molecule has 3 atom stereocenters. The summed E-state index contributed by atoms with van der Waals surface area (Å²) in [6, 6.07) is 0.852. The number of rotatable bonds is 5. The molecule has 2 saturated carbocycles. The van der Waals surface area contributed by atoms with Gasteiger partial charge in [0.1, 0.15) is 0 Å². The molecule has 2 fully saturated rings. The highest BCUT2D eigenvalue weighted by atomic mass is 14.9. The van der Waals surface area contributed by atoms with Crippen molar-refractivity contribution in [2.45, 2.75) is 65.3 Å². The van der Waals surface area contributed by atoms with Crippen molar-refractivity contribution in [3.8, 4) is 0 Å². The zero-order valence-corrected chi connectivity index (χ0v) is 11.3. The Labute approximate surface area is 101 Å². The molecule has 0 spiro atoms. The van der Waals surface area contributed by atoms with Crippen molar-refractivity contribution < 1.29 is 0 Å². The van der Waals surface area contributed by atoms with Crippen molar-refractivity contribution in [1.82, 2.24) is 5.32 Å². The molecule has 3 unspecified atom stereocenters. The monoisotopic (exact) mass is 223 g/mol. The van der Waals surface area contributed by atoms with Gasteiger partial charge in [0, 0.05) is 6.04 Å². The van der Waals surface area contributed by atoms with Gasteiger partial charge in [0.2, 0.25) is 0 Å². The number of hydrogen-bond acceptors (Lipinski definition) is 1. The first kappa shape index (κ1) is 12.4. The molecule has 2 aliphatic carbocycles. The van der Waals surface area contributed by atoms with E-state index in [9.17, 15) is 0 Å². The molecule has 2 rings (SSSR count). The Balaban J connectivity index is 1.90. The van der Waals surface area contributed by atoms with Gasteiger partial charge < -0.3 is 5.32 Å². The highest BCUT2D eigenvalue weighted by Gasteiger charge is 2.38. The normalized spacial score (nSPS) is 37.3. The minimum atomic E-state index is 0.852. The molecular formula is C15H29N. The standard InChI is InChI=1S/C15H29N/c1-4-7-16-15(13-5-6-13)14-9-11(2)8-12(3)10-14/h11-16H,4-10H2,1-3H3. The Morgan fingerprint density at radius 3 is 2.12 bits per heavy atom. The van der Waals surface area contributed by atoms with Crippen LogP contribution in [0, 0.1) is 23.7 Å². The summed E-state index contributed by atoms with van der Waals surface area (Å²) in [7, 11) is 0. The van der Waals surface area contributed by atoms with Crippen LogP contribution >= 0.6 is 0 Å². The molecule has 0 heterocycles. The third kappa shape index (κ3) is 3.23. The van der Waals surface area contributed by atoms with Crippen LogP contribution in [-0.2, 0) is 0 Å². The smallest absolute Gasteiger partial charge is 0.0124 e. The minimum absolute atomic E-state index is 0.852. The average molecular weight is 223 g/mol. The molecule has 1 nitrogen and oxygen atoms in total. The van der Waals surface area contributed by atoms with Gasteiger partial charge in [-0.2, -0.15) is 0 Å². The van der Waals surface area contributed by atoms with Crippen LogP contribution in [0.25, 0.3) is 0 Å². The number of nitrogens with one attached hydrogen (secondary N) is 1. The molecule has 94 valence electrons. The first-order valence-corrected chi connectivity index (χ1v) is 7.44. The van der Waals surface area contributed by atoms with Crippen LogP contribution < -0.4 is 5.32 Å². The van der Waals surface area contributed by atoms with E-state index >= 15 is 0 Å². The van der Waals surface area contributed by atoms with Crippen LogP contribution in [0.15, 0.2) is 0 Å². The highest BCUT2D eigenvalue weighted by molar-refractivity contribution is 4.93. The second kappa shape index (κ2) is 5.53. The molecule has 0 bridgehead atoms. The summed E-state index contributed by atoms with van der Waals surface area (Å²) in [6.45, 7) is 8.41. The average Bonchev–Trinajstić information content (AvgIpc) is 3.01. The molecule has 0 saturated heterocycles. The van der Waals surface area contributed by atoms with E-state index in [0.29, 0.717) is 0 Å². The van der Waals surface area contributed by atoms with Gasteiger partial charge in [-0.05, 0) is 68.7 Å². The van der Waals surface area contributed by atoms with Gasteiger partial charge in [-0.15, -0.1) is 0 Å². The van der Waals surface area contributed by atoms with Crippen molar-refractivity contribution in [2.24, 2.45) is 23.7 Å². The fourth-order valence-corrected chi connectivity index (χ4v) is 3.79. The van der Waals surface area contributed by atoms with Crippen molar-refractivity contribution in [3.63, 3.8) is 0 Å². The van der Waals surface area contributed by atoms with Crippen LogP contribution in [0.2, 0.25) is 0 Å². The summed E-state index contributed by atoms with van der Waals surface area (Å²) in [6.07, 6.45) is 8.66. The van der Waals surface area contributed by atoms with E-state index in [-0.39, 0.29) is 0 Å². The molecule has 0 aromatic rings. The second-order valence-corrected chi connectivity index (χ2v) is 6.49. The van der Waals surface area contributed by atoms with E-state index < -0.39 is 0 Å². The van der Waals surface area contributed by atoms with E-state index in [1.165, 1.54) is 45.1 Å². The highest BCUT2D eigenvalue weighted by Crippen LogP contribution is 2.43. The lowest BCUT2D eigenvalue weighted by Gasteiger charge is -2.37. The predicted molar refractivity (Wildman–Crippen MR) is 70.5 cm³/mol. The van der Waals surface area contributed by atoms with Gasteiger partial charge >= 0.3 is 0 Å². The van der Waals surface area contributed by atoms with Gasteiger partial charge in [-0.25, -0.2) is 0 Å². The lowest BCUT2D eigenvalue weighted by atomic mass is 9.73. The molecular weight excluding hydrogens is 194 g/mol. The Morgan fingerprint density at radius 2 is 1.62 bits per heavy atom. The van der Waals surface area contributed by atoms with Crippen molar-refractivity contribution >= 4 is 0 Å². The van der Waals surface area contributed by atoms with Crippen LogP contribution in [-0.4, -0.2) is 12.6 Å². The second-order valence-electron chi connectivity index (χ2n) is 6.49. The summed E-state index contributed by atoms with van der Waals surface area (Å²) in [5.41, 5.74) is 0. The van der Waals surface area contributed by atoms with Crippen molar-refractivity contribution in [1.29, 1.82) is 0 Å². The fourth-order valence-electron chi connectivity index (χ4n) is 3.79. The molecule has 16 heavy (non-hydrogen) atoms. The van der Waals surface area contributed by atoms with Gasteiger partial charge in [-0.1, -0.05) is 20.8 Å². The van der Waals surface area contributed by atoms with E-state index in [4.69, 9.17) is 0 Å². The first-order valence-electron chi connectivity index (χ1n) is 7.44. The van der Waals surface area contributed by atoms with Crippen LogP contribution in [0.4, 0.5) is 0 Å². The maximum Gasteiger partial charge on any atom is 0.0124 e. The summed E-state index contributed by atoms with van der Waals surface area (Å²) in [4.78, 5) is 0. The van der Waals surface area contributed by atoms with Gasteiger partial charge in [0.25, 0.3) is 0 Å². The van der Waals surface area contributed by atoms with Crippen LogP contribution in [0.5, 0.6) is 0 Å². The zero-order chi connectivity index (χ0) is 11.5. The molecule has 0 radical (unpaired) electrons. The molecule has 1 heteroatoms. The van der Waals surface area contributed by atoms with Gasteiger partial charge in [-0.3, -0.25) is 0 Å². The molecule has 0 aromatic heterocycles. The first-order chi connectivity index (χ1) is 7.70. The third-order valence-corrected chi connectivity index (χ3v) is 4.48. The zero-order valence-electron chi connectivity index (χ0n) is 11.3. The predicted octanol–water partition coefficient (Wildman–Crippen LogP) is 3.84. The quantitative estimate of drug-likeness (QED) is 0.747. The van der Waals surface area contributed by atoms with Crippen molar-refractivity contribution in [2.75, 3.05) is 6.54 Å². The third-order valence-electron chi connectivity index (χ3n) is 4.48. The van der Waals surface area contributed by atoms with E-state index in [1.54, 1.807) is 0 Å². The van der Waals surface area contributed by atoms with E-state index in [0.717, 1.165) is 29.7 Å². The van der Waals surface area contributed by atoms with Gasteiger partial charge in [0.05, 0.1) is 0 Å². The topological polar surface area (TPSA) is 12.0 Å². The van der Waals surface area contributed by atoms with Crippen LogP contribution in [0.1, 0.15) is 59.3 Å². The minimum Gasteiger partial charge on any atom is -0.313 e. The summed E-state index contributed by atoms with van der Waals surface area (Å²) in [5.74, 6) is 3.91. The largest absolute Gasteiger partial charge is 0.313 e. The van der Waals surface area contributed by atoms with E-state index in [1.807, 2.05) is 0 Å². The Morgan fingerprint density at radius 1 is 1.00 bits per heavy atom. The maximum atomic E-state index is 3.84. The summed E-state index contributed by atoms with van der Waals surface area (Å²) in [5, 5.41) is 3.84. The molecule has 0 aromatic carbocycles. The molecule has 0 aliphatic heterocycles. The lowest BCUT2D eigenvalue weighted by molar-refractivity contribution is 0.165. The van der Waals surface area contributed by atoms with Crippen molar-refractivity contribution in [3.05, 3.63) is 0 Å². The summed E-state index contributed by atoms with van der Waals surface area (Å²) < 4.78 is 0. The Kier molecular flexibility index (Phi) is 4.29. The molecule has 2 aliphatic rings. The summed E-state index contributed by atoms with van der Waals surface area (Å²) >= 11 is 0. The Bertz CT molecular complexity index is 199. The maximum absolute atomic E-state index is 3.84. The fraction of sp³-hybridized carbons (Fsp3) is 1.00. The Hall–Kier alpha value is -0.0400. The molecule has 0 amide bonds. The SMILES string of the molecule is CCCNC(C1CC1)C1CC(C)CC(C)C1.